The third-order valence-corrected chi connectivity index (χ3v) is 2.59. The molecule has 1 rings (SSSR count). The van der Waals surface area contributed by atoms with Gasteiger partial charge < -0.3 is 10.3 Å². The van der Waals surface area contributed by atoms with Crippen LogP contribution in [0.3, 0.4) is 0 Å². The molecule has 0 unspecified atom stereocenters. The van der Waals surface area contributed by atoms with Gasteiger partial charge in [0.1, 0.15) is 5.82 Å². The molecule has 1 aromatic rings. The van der Waals surface area contributed by atoms with Crippen molar-refractivity contribution >= 4 is 5.82 Å². The van der Waals surface area contributed by atoms with Gasteiger partial charge in [0.05, 0.1) is 5.69 Å². The third-order valence-electron chi connectivity index (χ3n) is 2.59. The van der Waals surface area contributed by atoms with E-state index in [1.165, 1.54) is 5.56 Å². The summed E-state index contributed by atoms with van der Waals surface area (Å²) < 4.78 is 1.79. The molecule has 0 aliphatic carbocycles. The van der Waals surface area contributed by atoms with Gasteiger partial charge in [0, 0.05) is 25.7 Å². The second-order valence-corrected chi connectivity index (χ2v) is 4.77. The van der Waals surface area contributed by atoms with Gasteiger partial charge in [-0.25, -0.2) is 5.84 Å². The Hall–Kier alpha value is -1.07. The van der Waals surface area contributed by atoms with Gasteiger partial charge >= 0.3 is 0 Å². The highest BCUT2D eigenvalue weighted by molar-refractivity contribution is 5.46. The largest absolute Gasteiger partial charge is 0.308 e. The van der Waals surface area contributed by atoms with Gasteiger partial charge in [-0.1, -0.05) is 13.8 Å². The van der Waals surface area contributed by atoms with Crippen molar-refractivity contribution in [2.45, 2.75) is 27.3 Å². The van der Waals surface area contributed by atoms with E-state index in [9.17, 15) is 0 Å². The molecule has 0 aliphatic rings. The maximum absolute atomic E-state index is 5.51. The number of nitrogens with zero attached hydrogens (tertiary/aromatic N) is 3. The molecule has 3 N–H and O–H groups in total. The molecular weight excluding hydrogens is 202 g/mol. The molecule has 5 heteroatoms. The molecule has 0 amide bonds. The summed E-state index contributed by atoms with van der Waals surface area (Å²) in [5, 5.41) is 4.36. The fraction of sp³-hybridized carbons (Fsp3) is 0.727. The average molecular weight is 225 g/mol. The number of hydrogen-bond acceptors (Lipinski definition) is 4. The van der Waals surface area contributed by atoms with Crippen molar-refractivity contribution in [2.75, 3.05) is 19.0 Å². The van der Waals surface area contributed by atoms with Crippen molar-refractivity contribution in [1.82, 2.24) is 14.7 Å². The van der Waals surface area contributed by atoms with E-state index in [-0.39, 0.29) is 0 Å². The van der Waals surface area contributed by atoms with Crippen molar-refractivity contribution < 1.29 is 0 Å². The first-order chi connectivity index (χ1) is 7.45. The van der Waals surface area contributed by atoms with Gasteiger partial charge in [-0.2, -0.15) is 5.10 Å². The van der Waals surface area contributed by atoms with Crippen LogP contribution in [-0.4, -0.2) is 28.3 Å². The number of hydrogen-bond donors (Lipinski definition) is 2. The van der Waals surface area contributed by atoms with Crippen molar-refractivity contribution in [3.8, 4) is 0 Å². The Morgan fingerprint density at radius 3 is 2.62 bits per heavy atom. The summed E-state index contributed by atoms with van der Waals surface area (Å²) in [5.41, 5.74) is 4.92. The predicted octanol–water partition coefficient (Wildman–Crippen LogP) is 1.10. The Bertz CT molecular complexity index is 342. The summed E-state index contributed by atoms with van der Waals surface area (Å²) in [5.74, 6) is 7.07. The standard InChI is InChI=1S/C11H23N5/c1-8(2)6-15(4)7-10-9(3)14-16(5)11(10)13-12/h8,13H,6-7,12H2,1-5H3. The van der Waals surface area contributed by atoms with Gasteiger partial charge in [-0.15, -0.1) is 0 Å². The van der Waals surface area contributed by atoms with E-state index in [4.69, 9.17) is 5.84 Å². The molecule has 0 aromatic carbocycles. The number of rotatable bonds is 5. The number of nitrogens with one attached hydrogen (secondary N) is 1. The Kier molecular flexibility index (Phi) is 4.32. The molecule has 0 spiro atoms. The number of anilines is 1. The fourth-order valence-electron chi connectivity index (χ4n) is 2.03. The van der Waals surface area contributed by atoms with E-state index in [0.717, 1.165) is 24.6 Å². The number of aromatic nitrogens is 2. The molecule has 16 heavy (non-hydrogen) atoms. The van der Waals surface area contributed by atoms with Crippen LogP contribution in [0, 0.1) is 12.8 Å². The zero-order valence-corrected chi connectivity index (χ0v) is 10.9. The minimum atomic E-state index is 0.663. The Labute approximate surface area is 97.6 Å². The van der Waals surface area contributed by atoms with Crippen LogP contribution in [0.5, 0.6) is 0 Å². The average Bonchev–Trinajstić information content (AvgIpc) is 2.40. The number of nitrogen functional groups attached to an aromatic ring is 1. The van der Waals surface area contributed by atoms with Crippen molar-refractivity contribution in [3.63, 3.8) is 0 Å². The van der Waals surface area contributed by atoms with Crippen LogP contribution in [0.4, 0.5) is 5.82 Å². The van der Waals surface area contributed by atoms with Gasteiger partial charge in [-0.3, -0.25) is 4.68 Å². The lowest BCUT2D eigenvalue weighted by atomic mass is 10.2. The monoisotopic (exact) mass is 225 g/mol. The van der Waals surface area contributed by atoms with E-state index in [0.29, 0.717) is 5.92 Å². The highest BCUT2D eigenvalue weighted by Gasteiger charge is 2.14. The minimum Gasteiger partial charge on any atom is -0.308 e. The summed E-state index contributed by atoms with van der Waals surface area (Å²) in [4.78, 5) is 2.29. The van der Waals surface area contributed by atoms with E-state index in [1.54, 1.807) is 4.68 Å². The highest BCUT2D eigenvalue weighted by atomic mass is 15.4. The van der Waals surface area contributed by atoms with E-state index in [1.807, 2.05) is 14.0 Å². The van der Waals surface area contributed by atoms with Crippen LogP contribution in [0.25, 0.3) is 0 Å². The molecule has 0 atom stereocenters. The first kappa shape index (κ1) is 13.0. The van der Waals surface area contributed by atoms with Crippen LogP contribution in [-0.2, 0) is 13.6 Å². The van der Waals surface area contributed by atoms with Crippen LogP contribution in [0.1, 0.15) is 25.1 Å². The predicted molar refractivity (Wildman–Crippen MR) is 66.9 cm³/mol. The molecule has 0 radical (unpaired) electrons. The van der Waals surface area contributed by atoms with Crippen molar-refractivity contribution in [3.05, 3.63) is 11.3 Å². The van der Waals surface area contributed by atoms with E-state index in [2.05, 4.69) is 36.3 Å². The van der Waals surface area contributed by atoms with Gasteiger partial charge in [0.25, 0.3) is 0 Å². The molecule has 0 aliphatic heterocycles. The van der Waals surface area contributed by atoms with Gasteiger partial charge in [-0.05, 0) is 19.9 Å². The van der Waals surface area contributed by atoms with E-state index >= 15 is 0 Å². The highest BCUT2D eigenvalue weighted by Crippen LogP contribution is 2.19. The second-order valence-electron chi connectivity index (χ2n) is 4.77. The molecular formula is C11H23N5. The van der Waals surface area contributed by atoms with Gasteiger partial charge in [0.2, 0.25) is 0 Å². The van der Waals surface area contributed by atoms with Gasteiger partial charge in [0.15, 0.2) is 0 Å². The quantitative estimate of drug-likeness (QED) is 0.582. The first-order valence-corrected chi connectivity index (χ1v) is 5.63. The lowest BCUT2D eigenvalue weighted by molar-refractivity contribution is 0.288. The maximum Gasteiger partial charge on any atom is 0.142 e. The molecule has 5 nitrogen and oxygen atoms in total. The lowest BCUT2D eigenvalue weighted by Gasteiger charge is -2.19. The summed E-state index contributed by atoms with van der Waals surface area (Å²) in [6.07, 6.45) is 0. The number of aryl methyl sites for hydroxylation is 2. The zero-order chi connectivity index (χ0) is 12.3. The molecule has 1 heterocycles. The molecule has 0 bridgehead atoms. The normalized spacial score (nSPS) is 11.5. The van der Waals surface area contributed by atoms with Crippen LogP contribution < -0.4 is 11.3 Å². The molecule has 1 aromatic heterocycles. The second kappa shape index (κ2) is 5.32. The topological polar surface area (TPSA) is 59.1 Å². The van der Waals surface area contributed by atoms with E-state index < -0.39 is 0 Å². The minimum absolute atomic E-state index is 0.663. The Morgan fingerprint density at radius 2 is 2.12 bits per heavy atom. The fourth-order valence-corrected chi connectivity index (χ4v) is 2.03. The SMILES string of the molecule is Cc1nn(C)c(NN)c1CN(C)CC(C)C. The molecule has 0 saturated heterocycles. The molecule has 0 fully saturated rings. The summed E-state index contributed by atoms with van der Waals surface area (Å²) >= 11 is 0. The third kappa shape index (κ3) is 2.96. The Morgan fingerprint density at radius 1 is 1.50 bits per heavy atom. The number of hydrazine groups is 1. The molecule has 0 saturated carbocycles. The Balaban J connectivity index is 2.79. The maximum atomic E-state index is 5.51. The molecule has 92 valence electrons. The zero-order valence-electron chi connectivity index (χ0n) is 10.9. The van der Waals surface area contributed by atoms with Crippen LogP contribution in [0.15, 0.2) is 0 Å². The van der Waals surface area contributed by atoms with Crippen LogP contribution in [0.2, 0.25) is 0 Å². The first-order valence-electron chi connectivity index (χ1n) is 5.63. The summed E-state index contributed by atoms with van der Waals surface area (Å²) in [6, 6.07) is 0. The van der Waals surface area contributed by atoms with Crippen LogP contribution >= 0.6 is 0 Å². The van der Waals surface area contributed by atoms with Crippen molar-refractivity contribution in [1.29, 1.82) is 0 Å². The smallest absolute Gasteiger partial charge is 0.142 e. The summed E-state index contributed by atoms with van der Waals surface area (Å²) in [7, 11) is 4.01. The van der Waals surface area contributed by atoms with Crippen molar-refractivity contribution in [2.24, 2.45) is 18.8 Å². The summed E-state index contributed by atoms with van der Waals surface area (Å²) in [6.45, 7) is 8.39. The lowest BCUT2D eigenvalue weighted by Crippen LogP contribution is -2.24. The number of nitrogens with two attached hydrogens (primary N) is 1.